The third-order valence-electron chi connectivity index (χ3n) is 4.02. The first-order valence-electron chi connectivity index (χ1n) is 7.44. The maximum absolute atomic E-state index is 3.63. The summed E-state index contributed by atoms with van der Waals surface area (Å²) >= 11 is 1.79. The summed E-state index contributed by atoms with van der Waals surface area (Å²) in [7, 11) is 2.24. The average Bonchev–Trinajstić information content (AvgIpc) is 2.87. The first kappa shape index (κ1) is 16.7. The standard InChI is InChI=1S/C16H30N2S/c1-6-16(7-2,12-17-14(3)4)13-18(5)10-15-8-9-19-11-15/h8-9,11,14,17H,6-7,10,12-13H2,1-5H3. The van der Waals surface area contributed by atoms with Crippen LogP contribution in [-0.4, -0.2) is 31.1 Å². The number of hydrogen-bond donors (Lipinski definition) is 1. The summed E-state index contributed by atoms with van der Waals surface area (Å²) in [5.74, 6) is 0. The first-order valence-corrected chi connectivity index (χ1v) is 8.38. The summed E-state index contributed by atoms with van der Waals surface area (Å²) in [6.45, 7) is 12.4. The molecule has 1 heterocycles. The molecule has 0 amide bonds. The minimum atomic E-state index is 0.398. The smallest absolute Gasteiger partial charge is 0.0239 e. The predicted octanol–water partition coefficient (Wildman–Crippen LogP) is 3.98. The minimum absolute atomic E-state index is 0.398. The van der Waals surface area contributed by atoms with Crippen LogP contribution in [0.5, 0.6) is 0 Å². The molecule has 1 aromatic rings. The predicted molar refractivity (Wildman–Crippen MR) is 86.8 cm³/mol. The zero-order chi connectivity index (χ0) is 14.3. The molecule has 0 atom stereocenters. The Labute approximate surface area is 123 Å². The van der Waals surface area contributed by atoms with Crippen LogP contribution in [0.15, 0.2) is 16.8 Å². The molecule has 110 valence electrons. The largest absolute Gasteiger partial charge is 0.314 e. The lowest BCUT2D eigenvalue weighted by Crippen LogP contribution is -2.43. The highest BCUT2D eigenvalue weighted by molar-refractivity contribution is 7.07. The van der Waals surface area contributed by atoms with Crippen LogP contribution in [0.3, 0.4) is 0 Å². The fourth-order valence-electron chi connectivity index (χ4n) is 2.52. The Morgan fingerprint density at radius 1 is 1.32 bits per heavy atom. The SMILES string of the molecule is CCC(CC)(CNC(C)C)CN(C)Cc1ccsc1. The number of nitrogens with zero attached hydrogens (tertiary/aromatic N) is 1. The van der Waals surface area contributed by atoms with Gasteiger partial charge in [0, 0.05) is 25.7 Å². The van der Waals surface area contributed by atoms with Crippen LogP contribution in [0.4, 0.5) is 0 Å². The van der Waals surface area contributed by atoms with Gasteiger partial charge < -0.3 is 10.2 Å². The summed E-state index contributed by atoms with van der Waals surface area (Å²) in [5.41, 5.74) is 1.83. The van der Waals surface area contributed by atoms with Gasteiger partial charge in [0.15, 0.2) is 0 Å². The Hall–Kier alpha value is -0.380. The van der Waals surface area contributed by atoms with Crippen molar-refractivity contribution in [2.24, 2.45) is 5.41 Å². The van der Waals surface area contributed by atoms with Gasteiger partial charge in [-0.1, -0.05) is 27.7 Å². The van der Waals surface area contributed by atoms with Crippen molar-refractivity contribution < 1.29 is 0 Å². The maximum atomic E-state index is 3.63. The summed E-state index contributed by atoms with van der Waals surface area (Å²) in [4.78, 5) is 2.47. The van der Waals surface area contributed by atoms with Crippen LogP contribution in [0.2, 0.25) is 0 Å². The third kappa shape index (κ3) is 5.64. The van der Waals surface area contributed by atoms with Gasteiger partial charge in [-0.05, 0) is 47.7 Å². The van der Waals surface area contributed by atoms with Crippen molar-refractivity contribution in [2.45, 2.75) is 53.1 Å². The van der Waals surface area contributed by atoms with E-state index < -0.39 is 0 Å². The van der Waals surface area contributed by atoms with Gasteiger partial charge in [0.05, 0.1) is 0 Å². The molecule has 1 aromatic heterocycles. The Balaban J connectivity index is 2.55. The van der Waals surface area contributed by atoms with Crippen LogP contribution in [0.1, 0.15) is 46.1 Å². The van der Waals surface area contributed by atoms with Crippen molar-refractivity contribution in [3.05, 3.63) is 22.4 Å². The van der Waals surface area contributed by atoms with Crippen molar-refractivity contribution in [1.82, 2.24) is 10.2 Å². The zero-order valence-electron chi connectivity index (χ0n) is 13.2. The van der Waals surface area contributed by atoms with E-state index in [0.29, 0.717) is 11.5 Å². The van der Waals surface area contributed by atoms with Gasteiger partial charge in [-0.2, -0.15) is 11.3 Å². The van der Waals surface area contributed by atoms with Crippen molar-refractivity contribution >= 4 is 11.3 Å². The van der Waals surface area contributed by atoms with E-state index in [4.69, 9.17) is 0 Å². The number of nitrogens with one attached hydrogen (secondary N) is 1. The Morgan fingerprint density at radius 3 is 2.47 bits per heavy atom. The van der Waals surface area contributed by atoms with Gasteiger partial charge >= 0.3 is 0 Å². The van der Waals surface area contributed by atoms with Crippen LogP contribution in [-0.2, 0) is 6.54 Å². The minimum Gasteiger partial charge on any atom is -0.314 e. The molecular formula is C16H30N2S. The highest BCUT2D eigenvalue weighted by Crippen LogP contribution is 2.27. The molecule has 0 aliphatic carbocycles. The van der Waals surface area contributed by atoms with E-state index in [-0.39, 0.29) is 0 Å². The highest BCUT2D eigenvalue weighted by Gasteiger charge is 2.27. The lowest BCUT2D eigenvalue weighted by molar-refractivity contribution is 0.148. The molecular weight excluding hydrogens is 252 g/mol. The zero-order valence-corrected chi connectivity index (χ0v) is 14.0. The average molecular weight is 282 g/mol. The quantitative estimate of drug-likeness (QED) is 0.737. The van der Waals surface area contributed by atoms with Gasteiger partial charge in [0.2, 0.25) is 0 Å². The van der Waals surface area contributed by atoms with Gasteiger partial charge in [0.1, 0.15) is 0 Å². The monoisotopic (exact) mass is 282 g/mol. The van der Waals surface area contributed by atoms with Gasteiger partial charge in [0.25, 0.3) is 0 Å². The summed E-state index contributed by atoms with van der Waals surface area (Å²) in [6, 6.07) is 2.80. The van der Waals surface area contributed by atoms with E-state index >= 15 is 0 Å². The number of hydrogen-bond acceptors (Lipinski definition) is 3. The summed E-state index contributed by atoms with van der Waals surface area (Å²) in [5, 5.41) is 8.04. The molecule has 2 nitrogen and oxygen atoms in total. The highest BCUT2D eigenvalue weighted by atomic mass is 32.1. The Kier molecular flexibility index (Phi) is 7.05. The van der Waals surface area contributed by atoms with Crippen molar-refractivity contribution in [2.75, 3.05) is 20.1 Å². The Bertz CT molecular complexity index is 329. The topological polar surface area (TPSA) is 15.3 Å². The molecule has 0 saturated carbocycles. The second-order valence-corrected chi connectivity index (χ2v) is 6.83. The second kappa shape index (κ2) is 8.03. The van der Waals surface area contributed by atoms with E-state index in [9.17, 15) is 0 Å². The van der Waals surface area contributed by atoms with Crippen LogP contribution in [0, 0.1) is 5.41 Å². The fourth-order valence-corrected chi connectivity index (χ4v) is 3.18. The third-order valence-corrected chi connectivity index (χ3v) is 4.76. The molecule has 0 bridgehead atoms. The van der Waals surface area contributed by atoms with Crippen molar-refractivity contribution in [3.8, 4) is 0 Å². The lowest BCUT2D eigenvalue weighted by Gasteiger charge is -2.36. The summed E-state index contributed by atoms with van der Waals surface area (Å²) in [6.07, 6.45) is 2.47. The molecule has 1 rings (SSSR count). The molecule has 0 aromatic carbocycles. The number of rotatable bonds is 9. The van der Waals surface area contributed by atoms with E-state index in [1.807, 2.05) is 0 Å². The molecule has 1 N–H and O–H groups in total. The van der Waals surface area contributed by atoms with Gasteiger partial charge in [-0.3, -0.25) is 0 Å². The van der Waals surface area contributed by atoms with E-state index in [0.717, 1.165) is 19.6 Å². The second-order valence-electron chi connectivity index (χ2n) is 6.05. The number of thiophene rings is 1. The van der Waals surface area contributed by atoms with Gasteiger partial charge in [-0.25, -0.2) is 0 Å². The normalized spacial score (nSPS) is 12.6. The molecule has 0 aliphatic heterocycles. The maximum Gasteiger partial charge on any atom is 0.0239 e. The molecule has 0 unspecified atom stereocenters. The van der Waals surface area contributed by atoms with E-state index in [1.54, 1.807) is 11.3 Å². The van der Waals surface area contributed by atoms with Crippen LogP contribution < -0.4 is 5.32 Å². The van der Waals surface area contributed by atoms with Crippen molar-refractivity contribution in [3.63, 3.8) is 0 Å². The molecule has 0 aliphatic rings. The molecule has 0 spiro atoms. The van der Waals surface area contributed by atoms with E-state index in [2.05, 4.69) is 61.8 Å². The fraction of sp³-hybridized carbons (Fsp3) is 0.750. The first-order chi connectivity index (χ1) is 9.01. The lowest BCUT2D eigenvalue weighted by atomic mass is 9.81. The molecule has 0 saturated heterocycles. The molecule has 19 heavy (non-hydrogen) atoms. The van der Waals surface area contributed by atoms with Crippen LogP contribution in [0.25, 0.3) is 0 Å². The summed E-state index contributed by atoms with van der Waals surface area (Å²) < 4.78 is 0. The van der Waals surface area contributed by atoms with Crippen molar-refractivity contribution in [1.29, 1.82) is 0 Å². The van der Waals surface area contributed by atoms with Crippen LogP contribution >= 0.6 is 11.3 Å². The van der Waals surface area contributed by atoms with Gasteiger partial charge in [-0.15, -0.1) is 0 Å². The molecule has 3 heteroatoms. The molecule has 0 radical (unpaired) electrons. The Morgan fingerprint density at radius 2 is 2.00 bits per heavy atom. The molecule has 0 fully saturated rings. The van der Waals surface area contributed by atoms with E-state index in [1.165, 1.54) is 18.4 Å².